The second-order valence-electron chi connectivity index (χ2n) is 5.28. The van der Waals surface area contributed by atoms with Gasteiger partial charge >= 0.3 is 0 Å². The van der Waals surface area contributed by atoms with Gasteiger partial charge in [0.05, 0.1) is 0 Å². The molecule has 2 atom stereocenters. The molecule has 4 rings (SSSR count). The Morgan fingerprint density at radius 2 is 1.60 bits per heavy atom. The zero-order valence-corrected chi connectivity index (χ0v) is 10.8. The molecule has 2 nitrogen and oxygen atoms in total. The van der Waals surface area contributed by atoms with Gasteiger partial charge in [-0.3, -0.25) is 0 Å². The topological polar surface area (TPSA) is 40.5 Å². The van der Waals surface area contributed by atoms with E-state index in [1.807, 2.05) is 24.3 Å². The van der Waals surface area contributed by atoms with Gasteiger partial charge in [0.2, 0.25) is 0 Å². The number of hydrogen-bond donors (Lipinski definition) is 2. The molecule has 0 aliphatic heterocycles. The minimum atomic E-state index is -0.842. The quantitative estimate of drug-likeness (QED) is 0.609. The fraction of sp³-hybridized carbons (Fsp3) is 0.111. The van der Waals surface area contributed by atoms with Crippen LogP contribution in [0.3, 0.4) is 0 Å². The molecule has 2 N–H and O–H groups in total. The molecule has 0 heterocycles. The molecule has 2 heteroatoms. The predicted octanol–water partition coefficient (Wildman–Crippen LogP) is 3.41. The first-order valence-electron chi connectivity index (χ1n) is 6.74. The molecule has 0 amide bonds. The second kappa shape index (κ2) is 4.17. The van der Waals surface area contributed by atoms with E-state index in [4.69, 9.17) is 0 Å². The van der Waals surface area contributed by atoms with Crippen LogP contribution in [-0.4, -0.2) is 16.3 Å². The van der Waals surface area contributed by atoms with Crippen molar-refractivity contribution in [2.24, 2.45) is 0 Å². The summed E-state index contributed by atoms with van der Waals surface area (Å²) in [7, 11) is 0. The molecule has 0 bridgehead atoms. The largest absolute Gasteiger partial charge is 0.386 e. The van der Waals surface area contributed by atoms with E-state index in [0.717, 1.165) is 16.5 Å². The van der Waals surface area contributed by atoms with Gasteiger partial charge in [0.25, 0.3) is 0 Å². The van der Waals surface area contributed by atoms with Crippen LogP contribution in [-0.2, 0) is 0 Å². The molecule has 3 aromatic rings. The van der Waals surface area contributed by atoms with E-state index >= 15 is 0 Å². The van der Waals surface area contributed by atoms with Gasteiger partial charge in [0.1, 0.15) is 12.2 Å². The number of aliphatic hydroxyl groups excluding tert-OH is 2. The molecule has 20 heavy (non-hydrogen) atoms. The van der Waals surface area contributed by atoms with Crippen molar-refractivity contribution < 1.29 is 10.2 Å². The molecule has 0 radical (unpaired) electrons. The van der Waals surface area contributed by atoms with E-state index in [0.29, 0.717) is 0 Å². The van der Waals surface area contributed by atoms with Crippen molar-refractivity contribution in [3.05, 3.63) is 65.7 Å². The zero-order chi connectivity index (χ0) is 13.7. The third-order valence-electron chi connectivity index (χ3n) is 4.06. The Labute approximate surface area is 116 Å². The number of fused-ring (bicyclic) bond motifs is 4. The molecule has 1 aliphatic carbocycles. The van der Waals surface area contributed by atoms with E-state index < -0.39 is 12.2 Å². The van der Waals surface area contributed by atoms with E-state index in [9.17, 15) is 10.2 Å². The van der Waals surface area contributed by atoms with Crippen LogP contribution in [0.5, 0.6) is 0 Å². The van der Waals surface area contributed by atoms with Crippen molar-refractivity contribution in [3.8, 4) is 0 Å². The summed E-state index contributed by atoms with van der Waals surface area (Å²) in [5, 5.41) is 24.5. The normalized spacial score (nSPS) is 21.3. The molecule has 0 saturated heterocycles. The highest BCUT2D eigenvalue weighted by molar-refractivity contribution is 6.08. The van der Waals surface area contributed by atoms with Crippen molar-refractivity contribution in [1.82, 2.24) is 0 Å². The van der Waals surface area contributed by atoms with Crippen molar-refractivity contribution in [3.63, 3.8) is 0 Å². The van der Waals surface area contributed by atoms with Crippen LogP contribution in [0.1, 0.15) is 17.2 Å². The van der Waals surface area contributed by atoms with Gasteiger partial charge in [-0.15, -0.1) is 0 Å². The molecule has 0 saturated carbocycles. The summed E-state index contributed by atoms with van der Waals surface area (Å²) in [4.78, 5) is 0. The summed E-state index contributed by atoms with van der Waals surface area (Å²) >= 11 is 0. The lowest BCUT2D eigenvalue weighted by molar-refractivity contribution is 0.0471. The van der Waals surface area contributed by atoms with E-state index in [-0.39, 0.29) is 0 Å². The smallest absolute Gasteiger partial charge is 0.109 e. The molecule has 3 aromatic carbocycles. The fourth-order valence-corrected chi connectivity index (χ4v) is 2.98. The first-order chi connectivity index (χ1) is 9.74. The lowest BCUT2D eigenvalue weighted by Gasteiger charge is -2.22. The van der Waals surface area contributed by atoms with Crippen molar-refractivity contribution in [2.45, 2.75) is 12.2 Å². The molecule has 0 aromatic heterocycles. The molecule has 0 fully saturated rings. The minimum absolute atomic E-state index is 0.794. The molecule has 1 aliphatic rings. The van der Waals surface area contributed by atoms with Gasteiger partial charge in [-0.1, -0.05) is 48.6 Å². The summed E-state index contributed by atoms with van der Waals surface area (Å²) in [5.74, 6) is 0. The van der Waals surface area contributed by atoms with Crippen LogP contribution in [0.25, 0.3) is 27.6 Å². The fourth-order valence-electron chi connectivity index (χ4n) is 2.98. The Morgan fingerprint density at radius 3 is 2.50 bits per heavy atom. The highest BCUT2D eigenvalue weighted by Gasteiger charge is 2.22. The van der Waals surface area contributed by atoms with E-state index in [1.54, 1.807) is 6.08 Å². The molecule has 98 valence electrons. The van der Waals surface area contributed by atoms with Gasteiger partial charge in [-0.05, 0) is 44.8 Å². The van der Waals surface area contributed by atoms with Crippen molar-refractivity contribution in [2.75, 3.05) is 0 Å². The van der Waals surface area contributed by atoms with Gasteiger partial charge in [0, 0.05) is 0 Å². The maximum atomic E-state index is 10.1. The summed E-state index contributed by atoms with van der Waals surface area (Å²) in [6.45, 7) is 0. The summed E-state index contributed by atoms with van der Waals surface area (Å²) in [5.41, 5.74) is 1.77. The first-order valence-corrected chi connectivity index (χ1v) is 6.74. The monoisotopic (exact) mass is 262 g/mol. The van der Waals surface area contributed by atoms with Crippen LogP contribution >= 0.6 is 0 Å². The van der Waals surface area contributed by atoms with Crippen LogP contribution in [0.15, 0.2) is 54.6 Å². The number of benzene rings is 3. The maximum absolute atomic E-state index is 10.1. The number of hydrogen-bond acceptors (Lipinski definition) is 2. The average Bonchev–Trinajstić information content (AvgIpc) is 2.50. The van der Waals surface area contributed by atoms with Gasteiger partial charge in [-0.25, -0.2) is 0 Å². The third kappa shape index (κ3) is 1.59. The summed E-state index contributed by atoms with van der Waals surface area (Å²) in [6, 6.07) is 16.5. The van der Waals surface area contributed by atoms with Gasteiger partial charge in [0.15, 0.2) is 0 Å². The van der Waals surface area contributed by atoms with E-state index in [1.165, 1.54) is 16.2 Å². The number of aliphatic hydroxyl groups is 2. The van der Waals surface area contributed by atoms with Crippen LogP contribution < -0.4 is 0 Å². The third-order valence-corrected chi connectivity index (χ3v) is 4.06. The Kier molecular flexibility index (Phi) is 2.43. The van der Waals surface area contributed by atoms with E-state index in [2.05, 4.69) is 30.3 Å². The molecular formula is C18H14O2. The Hall–Kier alpha value is -2.16. The molecular weight excluding hydrogens is 248 g/mol. The maximum Gasteiger partial charge on any atom is 0.109 e. The number of rotatable bonds is 0. The van der Waals surface area contributed by atoms with Crippen LogP contribution in [0, 0.1) is 0 Å². The van der Waals surface area contributed by atoms with Crippen molar-refractivity contribution >= 4 is 27.6 Å². The van der Waals surface area contributed by atoms with Gasteiger partial charge in [-0.2, -0.15) is 0 Å². The highest BCUT2D eigenvalue weighted by atomic mass is 16.3. The minimum Gasteiger partial charge on any atom is -0.386 e. The molecule has 0 spiro atoms. The Bertz CT molecular complexity index is 849. The van der Waals surface area contributed by atoms with Crippen LogP contribution in [0.4, 0.5) is 0 Å². The standard InChI is InChI=1S/C18H14O2/c19-17-8-7-13-9-15-12(10-16(13)18(17)20)6-5-11-3-1-2-4-14(11)15/h1-10,17-20H/t17-,18-/m1/s1. The lowest BCUT2D eigenvalue weighted by atomic mass is 9.89. The summed E-state index contributed by atoms with van der Waals surface area (Å²) in [6.07, 6.45) is 1.86. The molecule has 0 unspecified atom stereocenters. The SMILES string of the molecule is O[C@@H]1C=Cc2cc3c(ccc4ccccc43)cc2[C@H]1O. The van der Waals surface area contributed by atoms with Gasteiger partial charge < -0.3 is 10.2 Å². The Balaban J connectivity index is 2.09. The second-order valence-corrected chi connectivity index (χ2v) is 5.28. The average molecular weight is 262 g/mol. The first kappa shape index (κ1) is 11.6. The highest BCUT2D eigenvalue weighted by Crippen LogP contribution is 2.34. The predicted molar refractivity (Wildman–Crippen MR) is 81.5 cm³/mol. The summed E-state index contributed by atoms with van der Waals surface area (Å²) < 4.78 is 0. The lowest BCUT2D eigenvalue weighted by Crippen LogP contribution is -2.19. The Morgan fingerprint density at radius 1 is 0.800 bits per heavy atom. The van der Waals surface area contributed by atoms with Crippen LogP contribution in [0.2, 0.25) is 0 Å². The van der Waals surface area contributed by atoms with Crippen molar-refractivity contribution in [1.29, 1.82) is 0 Å². The zero-order valence-electron chi connectivity index (χ0n) is 10.8.